The Kier molecular flexibility index (Phi) is 5.27. The Bertz CT molecular complexity index is 464. The number of piperazine rings is 1. The molecule has 2 saturated heterocycles. The molecule has 0 aromatic rings. The number of hydrogen-bond acceptors (Lipinski definition) is 4. The van der Waals surface area contributed by atoms with E-state index in [1.807, 2.05) is 11.8 Å². The van der Waals surface area contributed by atoms with E-state index < -0.39 is 10.0 Å². The predicted molar refractivity (Wildman–Crippen MR) is 82.4 cm³/mol. The number of nitrogens with one attached hydrogen (secondary N) is 1. The molecule has 2 rings (SSSR count). The van der Waals surface area contributed by atoms with Crippen molar-refractivity contribution in [2.75, 3.05) is 45.0 Å². The molecule has 0 bridgehead atoms. The van der Waals surface area contributed by atoms with Gasteiger partial charge in [0, 0.05) is 32.7 Å². The second-order valence-electron chi connectivity index (χ2n) is 6.07. The number of carbonyl (C=O) groups is 1. The third-order valence-electron chi connectivity index (χ3n) is 4.76. The van der Waals surface area contributed by atoms with Crippen molar-refractivity contribution in [3.8, 4) is 0 Å². The molecule has 7 heteroatoms. The number of carbonyl (C=O) groups excluding carboxylic acids is 1. The van der Waals surface area contributed by atoms with Gasteiger partial charge in [-0.2, -0.15) is 4.31 Å². The maximum atomic E-state index is 12.8. The van der Waals surface area contributed by atoms with Crippen molar-refractivity contribution in [3.63, 3.8) is 0 Å². The fourth-order valence-corrected chi connectivity index (χ4v) is 4.76. The van der Waals surface area contributed by atoms with E-state index in [-0.39, 0.29) is 17.1 Å². The van der Waals surface area contributed by atoms with Crippen LogP contribution in [-0.2, 0) is 14.8 Å². The lowest BCUT2D eigenvalue weighted by Gasteiger charge is -2.38. The summed E-state index contributed by atoms with van der Waals surface area (Å²) < 4.78 is 25.6. The van der Waals surface area contributed by atoms with Crippen molar-refractivity contribution in [2.45, 2.75) is 33.1 Å². The zero-order chi connectivity index (χ0) is 15.5. The number of nitrogens with zero attached hydrogens (tertiary/aromatic N) is 2. The summed E-state index contributed by atoms with van der Waals surface area (Å²) in [5.41, 5.74) is -0.273. The molecule has 2 heterocycles. The van der Waals surface area contributed by atoms with Crippen LogP contribution in [0, 0.1) is 5.41 Å². The van der Waals surface area contributed by atoms with Crippen LogP contribution in [0.25, 0.3) is 0 Å². The van der Waals surface area contributed by atoms with Crippen LogP contribution in [0.5, 0.6) is 0 Å². The molecule has 1 N–H and O–H groups in total. The molecule has 0 aliphatic carbocycles. The first-order chi connectivity index (χ1) is 9.95. The summed E-state index contributed by atoms with van der Waals surface area (Å²) in [6, 6.07) is 0. The maximum Gasteiger partial charge on any atom is 0.230 e. The Hall–Kier alpha value is -0.660. The largest absolute Gasteiger partial charge is 0.340 e. The van der Waals surface area contributed by atoms with E-state index in [4.69, 9.17) is 0 Å². The summed E-state index contributed by atoms with van der Waals surface area (Å²) in [6.07, 6.45) is 2.36. The van der Waals surface area contributed by atoms with Gasteiger partial charge in [0.05, 0.1) is 11.2 Å². The normalized spacial score (nSPS) is 28.0. The van der Waals surface area contributed by atoms with Gasteiger partial charge in [-0.3, -0.25) is 4.79 Å². The SMILES string of the molecule is CCCS(=O)(=O)N1CCN(C(=O)C2(CC)CCNC2)CC1. The van der Waals surface area contributed by atoms with Crippen molar-refractivity contribution in [3.05, 3.63) is 0 Å². The fraction of sp³-hybridized carbons (Fsp3) is 0.929. The Morgan fingerprint density at radius 3 is 2.33 bits per heavy atom. The Balaban J connectivity index is 1.96. The van der Waals surface area contributed by atoms with Crippen molar-refractivity contribution < 1.29 is 13.2 Å². The molecule has 2 aliphatic heterocycles. The van der Waals surface area contributed by atoms with Crippen LogP contribution >= 0.6 is 0 Å². The minimum Gasteiger partial charge on any atom is -0.340 e. The van der Waals surface area contributed by atoms with E-state index in [9.17, 15) is 13.2 Å². The minimum atomic E-state index is -3.14. The third-order valence-corrected chi connectivity index (χ3v) is 6.83. The quantitative estimate of drug-likeness (QED) is 0.790. The number of rotatable bonds is 5. The second kappa shape index (κ2) is 6.62. The number of amides is 1. The van der Waals surface area contributed by atoms with E-state index >= 15 is 0 Å². The monoisotopic (exact) mass is 317 g/mol. The van der Waals surface area contributed by atoms with Crippen LogP contribution in [0.4, 0.5) is 0 Å². The van der Waals surface area contributed by atoms with Gasteiger partial charge < -0.3 is 10.2 Å². The number of hydrogen-bond donors (Lipinski definition) is 1. The molecule has 2 aliphatic rings. The van der Waals surface area contributed by atoms with Crippen molar-refractivity contribution in [1.82, 2.24) is 14.5 Å². The molecule has 122 valence electrons. The zero-order valence-corrected chi connectivity index (χ0v) is 13.9. The minimum absolute atomic E-state index is 0.197. The van der Waals surface area contributed by atoms with Gasteiger partial charge in [-0.15, -0.1) is 0 Å². The van der Waals surface area contributed by atoms with Gasteiger partial charge in [-0.1, -0.05) is 13.8 Å². The van der Waals surface area contributed by atoms with Crippen LogP contribution < -0.4 is 5.32 Å². The van der Waals surface area contributed by atoms with E-state index in [0.717, 1.165) is 25.9 Å². The van der Waals surface area contributed by atoms with E-state index in [2.05, 4.69) is 12.2 Å². The highest BCUT2D eigenvalue weighted by Crippen LogP contribution is 2.32. The molecule has 0 radical (unpaired) electrons. The van der Waals surface area contributed by atoms with Crippen LogP contribution in [0.15, 0.2) is 0 Å². The molecule has 1 amide bonds. The molecule has 0 aromatic carbocycles. The predicted octanol–water partition coefficient (Wildman–Crippen LogP) is 0.260. The molecule has 0 aromatic heterocycles. The highest BCUT2D eigenvalue weighted by atomic mass is 32.2. The Labute approximate surface area is 127 Å². The van der Waals surface area contributed by atoms with Crippen molar-refractivity contribution in [2.24, 2.45) is 5.41 Å². The summed E-state index contributed by atoms with van der Waals surface area (Å²) >= 11 is 0. The molecule has 1 atom stereocenters. The molecule has 0 spiro atoms. The van der Waals surface area contributed by atoms with Gasteiger partial charge in [0.15, 0.2) is 0 Å². The smallest absolute Gasteiger partial charge is 0.230 e. The third kappa shape index (κ3) is 3.40. The van der Waals surface area contributed by atoms with Crippen LogP contribution in [0.1, 0.15) is 33.1 Å². The van der Waals surface area contributed by atoms with Gasteiger partial charge in [0.1, 0.15) is 0 Å². The standard InChI is InChI=1S/C14H27N3O3S/c1-3-11-21(19,20)17-9-7-16(8-10-17)13(18)14(4-2)5-6-15-12-14/h15H,3-12H2,1-2H3. The first kappa shape index (κ1) is 16.7. The van der Waals surface area contributed by atoms with Gasteiger partial charge in [-0.25, -0.2) is 8.42 Å². The zero-order valence-electron chi connectivity index (χ0n) is 13.1. The molecular weight excluding hydrogens is 290 g/mol. The number of sulfonamides is 1. The average Bonchev–Trinajstić information content (AvgIpc) is 2.97. The highest BCUT2D eigenvalue weighted by molar-refractivity contribution is 7.89. The molecule has 1 unspecified atom stereocenters. The maximum absolute atomic E-state index is 12.8. The first-order valence-corrected chi connectivity index (χ1v) is 9.54. The van der Waals surface area contributed by atoms with E-state index in [0.29, 0.717) is 32.6 Å². The van der Waals surface area contributed by atoms with Gasteiger partial charge in [0.2, 0.25) is 15.9 Å². The summed E-state index contributed by atoms with van der Waals surface area (Å²) in [4.78, 5) is 14.6. The Morgan fingerprint density at radius 1 is 1.19 bits per heavy atom. The highest BCUT2D eigenvalue weighted by Gasteiger charge is 2.43. The van der Waals surface area contributed by atoms with E-state index in [1.165, 1.54) is 4.31 Å². The summed E-state index contributed by atoms with van der Waals surface area (Å²) in [5.74, 6) is 0.395. The lowest BCUT2D eigenvalue weighted by Crippen LogP contribution is -2.55. The lowest BCUT2D eigenvalue weighted by atomic mass is 9.82. The Morgan fingerprint density at radius 2 is 1.86 bits per heavy atom. The van der Waals surface area contributed by atoms with E-state index in [1.54, 1.807) is 0 Å². The fourth-order valence-electron chi connectivity index (χ4n) is 3.27. The second-order valence-corrected chi connectivity index (χ2v) is 8.16. The summed E-state index contributed by atoms with van der Waals surface area (Å²) in [5, 5.41) is 3.28. The molecule has 21 heavy (non-hydrogen) atoms. The van der Waals surface area contributed by atoms with Gasteiger partial charge >= 0.3 is 0 Å². The van der Waals surface area contributed by atoms with Gasteiger partial charge in [-0.05, 0) is 25.8 Å². The molecule has 2 fully saturated rings. The summed E-state index contributed by atoms with van der Waals surface area (Å²) in [7, 11) is -3.14. The van der Waals surface area contributed by atoms with Gasteiger partial charge in [0.25, 0.3) is 0 Å². The van der Waals surface area contributed by atoms with Crippen molar-refractivity contribution in [1.29, 1.82) is 0 Å². The topological polar surface area (TPSA) is 69.7 Å². The molecule has 6 nitrogen and oxygen atoms in total. The average molecular weight is 317 g/mol. The molecular formula is C14H27N3O3S. The summed E-state index contributed by atoms with van der Waals surface area (Å²) in [6.45, 7) is 7.47. The first-order valence-electron chi connectivity index (χ1n) is 7.93. The van der Waals surface area contributed by atoms with Crippen LogP contribution in [0.3, 0.4) is 0 Å². The lowest BCUT2D eigenvalue weighted by molar-refractivity contribution is -0.142. The van der Waals surface area contributed by atoms with Crippen LogP contribution in [-0.4, -0.2) is 68.6 Å². The van der Waals surface area contributed by atoms with Crippen LogP contribution in [0.2, 0.25) is 0 Å². The molecule has 0 saturated carbocycles. The van der Waals surface area contributed by atoms with Crippen molar-refractivity contribution >= 4 is 15.9 Å².